The number of para-hydroxylation sites is 1. The molecule has 0 saturated carbocycles. The number of rotatable bonds is 58. The first-order chi connectivity index (χ1) is 46.4. The molecule has 0 saturated heterocycles. The minimum absolute atomic E-state index is 0.140. The number of anilines is 1. The number of imidazole rings is 1. The van der Waals surface area contributed by atoms with Gasteiger partial charge in [0, 0.05) is 56.9 Å². The fraction of sp³-hybridized carbons (Fsp3) is 0.750. The summed E-state index contributed by atoms with van der Waals surface area (Å²) < 4.78 is 30.3. The van der Waals surface area contributed by atoms with Gasteiger partial charge in [-0.15, -0.1) is 0 Å². The molecule has 0 aliphatic carbocycles. The number of aromatic nitrogens is 3. The molecule has 0 radical (unpaired) electrons. The lowest BCUT2D eigenvalue weighted by Crippen LogP contribution is -2.34. The summed E-state index contributed by atoms with van der Waals surface area (Å²) in [7, 11) is 0. The number of benzene rings is 1. The predicted octanol–water partition coefficient (Wildman–Crippen LogP) is 18.3. The van der Waals surface area contributed by atoms with Crippen LogP contribution in [-0.2, 0) is 56.0 Å². The lowest BCUT2D eigenvalue weighted by atomic mass is 10.1. The van der Waals surface area contributed by atoms with Crippen molar-refractivity contribution in [3.8, 4) is 35.5 Å². The molecule has 95 heavy (non-hydrogen) atoms. The van der Waals surface area contributed by atoms with Crippen LogP contribution in [0.4, 0.5) is 5.82 Å². The Morgan fingerprint density at radius 3 is 1.24 bits per heavy atom. The molecule has 15 nitrogen and oxygen atoms in total. The summed E-state index contributed by atoms with van der Waals surface area (Å²) in [5.74, 6) is 18.9. The molecule has 0 bridgehead atoms. The maximum absolute atomic E-state index is 13.6. The van der Waals surface area contributed by atoms with Gasteiger partial charge in [-0.3, -0.25) is 19.2 Å². The van der Waals surface area contributed by atoms with Crippen LogP contribution in [0.1, 0.15) is 311 Å². The molecule has 534 valence electrons. The summed E-state index contributed by atoms with van der Waals surface area (Å²) in [4.78, 5) is 65.4. The van der Waals surface area contributed by atoms with Crippen LogP contribution in [0.2, 0.25) is 0 Å². The molecule has 0 aliphatic rings. The van der Waals surface area contributed by atoms with E-state index in [0.29, 0.717) is 62.6 Å². The Morgan fingerprint density at radius 1 is 0.453 bits per heavy atom. The number of fused-ring (bicyclic) bond motifs is 3. The zero-order chi connectivity index (χ0) is 68.5. The highest BCUT2D eigenvalue weighted by Crippen LogP contribution is 2.31. The van der Waals surface area contributed by atoms with E-state index in [2.05, 4.69) is 75.6 Å². The maximum Gasteiger partial charge on any atom is 0.306 e. The fourth-order valence-electron chi connectivity index (χ4n) is 12.0. The van der Waals surface area contributed by atoms with Crippen molar-refractivity contribution in [2.75, 3.05) is 71.4 Å². The Kier molecular flexibility index (Phi) is 49.6. The van der Waals surface area contributed by atoms with E-state index in [1.165, 1.54) is 83.5 Å². The highest BCUT2D eigenvalue weighted by atomic mass is 16.6. The first-order valence-electron chi connectivity index (χ1n) is 38.0. The van der Waals surface area contributed by atoms with Crippen molar-refractivity contribution in [3.63, 3.8) is 0 Å². The second-order valence-electron chi connectivity index (χ2n) is 26.6. The number of hydrogen-bond donors (Lipinski definition) is 1. The van der Waals surface area contributed by atoms with E-state index in [1.807, 2.05) is 45.0 Å². The minimum atomic E-state index is -0.827. The van der Waals surface area contributed by atoms with Gasteiger partial charge in [0.15, 0.2) is 25.6 Å². The molecule has 2 heterocycles. The predicted molar refractivity (Wildman–Crippen MR) is 390 cm³/mol. The number of pyridine rings is 1. The van der Waals surface area contributed by atoms with Crippen molar-refractivity contribution in [3.05, 3.63) is 30.1 Å². The standard InChI is InChI=1S/C80H130N6O9/c1-7-11-14-17-26-35-49-65-92-73(87)55-39-29-20-23-32-45-59-84(60-46-33-24-21-30-40-56-74(88)93-66-50-36-27-18-15-12-8-2)63-52-64-85(61-47-34-25-22-31-41-57-75(89)94-67-51-37-28-19-16-13-9-3)62-48-38-42-58-76(90)95-80(5,6)69-86-72(68-91-10-4)83-77-78(86)70-53-43-44-54-71(70)82-79(77)81/h43-44,53-54H,7-34,38-42,45-48,52,55-69H2,1-6H3,(H2,81,82). The van der Waals surface area contributed by atoms with E-state index in [9.17, 15) is 19.2 Å². The Balaban J connectivity index is 1.54. The Morgan fingerprint density at radius 2 is 0.821 bits per heavy atom. The number of esters is 4. The van der Waals surface area contributed by atoms with Gasteiger partial charge in [-0.05, 0) is 143 Å². The van der Waals surface area contributed by atoms with Gasteiger partial charge in [0.05, 0.1) is 17.6 Å². The number of nitrogens with zero attached hydrogens (tertiary/aromatic N) is 5. The summed E-state index contributed by atoms with van der Waals surface area (Å²) in [6.07, 6.45) is 42.0. The lowest BCUT2D eigenvalue weighted by molar-refractivity contribution is -0.158. The number of carbonyl (C=O) groups is 4. The molecule has 2 N–H and O–H groups in total. The number of carbonyl (C=O) groups excluding carboxylic acids is 4. The Bertz CT molecular complexity index is 2650. The normalized spacial score (nSPS) is 11.4. The van der Waals surface area contributed by atoms with E-state index in [1.54, 1.807) is 0 Å². The first kappa shape index (κ1) is 83.6. The first-order valence-corrected chi connectivity index (χ1v) is 38.0. The number of hydrogen-bond acceptors (Lipinski definition) is 14. The lowest BCUT2D eigenvalue weighted by Gasteiger charge is -2.27. The van der Waals surface area contributed by atoms with Gasteiger partial charge in [0.1, 0.15) is 23.5 Å². The quantitative estimate of drug-likeness (QED) is 0.0244. The zero-order valence-corrected chi connectivity index (χ0v) is 60.8. The molecule has 0 unspecified atom stereocenters. The monoisotopic (exact) mass is 1320 g/mol. The van der Waals surface area contributed by atoms with Crippen molar-refractivity contribution in [1.82, 2.24) is 24.3 Å². The Hall–Kier alpha value is -5.66. The molecule has 0 aliphatic heterocycles. The highest BCUT2D eigenvalue weighted by Gasteiger charge is 2.28. The molecule has 1 aromatic carbocycles. The second-order valence-corrected chi connectivity index (χ2v) is 26.6. The van der Waals surface area contributed by atoms with Crippen LogP contribution in [0.15, 0.2) is 24.3 Å². The summed E-state index contributed by atoms with van der Waals surface area (Å²) in [5, 5.41) is 0.936. The fourth-order valence-corrected chi connectivity index (χ4v) is 12.0. The highest BCUT2D eigenvalue weighted by molar-refractivity contribution is 6.06. The molecule has 0 spiro atoms. The third-order valence-electron chi connectivity index (χ3n) is 17.4. The number of nitrogen functional groups attached to an aromatic ring is 1. The van der Waals surface area contributed by atoms with E-state index < -0.39 is 5.60 Å². The zero-order valence-electron chi connectivity index (χ0n) is 60.8. The topological polar surface area (TPSA) is 178 Å². The van der Waals surface area contributed by atoms with E-state index in [4.69, 9.17) is 34.4 Å². The van der Waals surface area contributed by atoms with Gasteiger partial charge in [-0.1, -0.05) is 216 Å². The van der Waals surface area contributed by atoms with Crippen LogP contribution < -0.4 is 5.73 Å². The third-order valence-corrected chi connectivity index (χ3v) is 17.4. The Labute approximate surface area is 576 Å². The summed E-state index contributed by atoms with van der Waals surface area (Å²) in [5.41, 5.74) is 7.91. The van der Waals surface area contributed by atoms with Crippen LogP contribution in [0, 0.1) is 35.5 Å². The molecule has 2 aromatic heterocycles. The van der Waals surface area contributed by atoms with Gasteiger partial charge in [-0.25, -0.2) is 9.97 Å². The average molecular weight is 1320 g/mol. The van der Waals surface area contributed by atoms with E-state index >= 15 is 0 Å². The summed E-state index contributed by atoms with van der Waals surface area (Å²) >= 11 is 0. The molecule has 3 rings (SSSR count). The molecule has 15 heteroatoms. The van der Waals surface area contributed by atoms with Gasteiger partial charge in [0.2, 0.25) is 0 Å². The molecular formula is C80H130N6O9. The molecule has 0 fully saturated rings. The van der Waals surface area contributed by atoms with Crippen molar-refractivity contribution in [2.45, 2.75) is 324 Å². The van der Waals surface area contributed by atoms with Gasteiger partial charge in [0.25, 0.3) is 0 Å². The molecule has 0 atom stereocenters. The number of ether oxygens (including phenoxy) is 5. The maximum atomic E-state index is 13.6. The van der Waals surface area contributed by atoms with Crippen LogP contribution in [0.25, 0.3) is 21.9 Å². The van der Waals surface area contributed by atoms with Crippen LogP contribution >= 0.6 is 0 Å². The van der Waals surface area contributed by atoms with Gasteiger partial charge in [-0.2, -0.15) is 0 Å². The summed E-state index contributed by atoms with van der Waals surface area (Å²) in [6, 6.07) is 7.91. The SMILES string of the molecule is CCCCCCC#CCOC(=O)CCCCCCCCN(CCCCCCCCC(=O)OCC#CCCCCCC)CCCN(CCCCCCCCC(=O)OCC#CCCCCCC)CCCCCC(=O)OC(C)(C)Cn1c(COCC)nc2c(N)nc3ccccc3c21. The molecule has 3 aromatic rings. The largest absolute Gasteiger partial charge is 0.458 e. The van der Waals surface area contributed by atoms with Crippen molar-refractivity contribution in [1.29, 1.82) is 0 Å². The van der Waals surface area contributed by atoms with Crippen molar-refractivity contribution < 1.29 is 42.9 Å². The number of unbranched alkanes of at least 4 members (excludes halogenated alkanes) is 29. The van der Waals surface area contributed by atoms with E-state index in [0.717, 1.165) is 210 Å². The van der Waals surface area contributed by atoms with Crippen molar-refractivity contribution >= 4 is 51.6 Å². The van der Waals surface area contributed by atoms with E-state index in [-0.39, 0.29) is 43.7 Å². The smallest absolute Gasteiger partial charge is 0.306 e. The van der Waals surface area contributed by atoms with Crippen molar-refractivity contribution in [2.24, 2.45) is 0 Å². The van der Waals surface area contributed by atoms with Gasteiger partial charge < -0.3 is 43.8 Å². The molecular weight excluding hydrogens is 1190 g/mol. The van der Waals surface area contributed by atoms with Crippen LogP contribution in [0.5, 0.6) is 0 Å². The third kappa shape index (κ3) is 42.6. The molecule has 0 amide bonds. The summed E-state index contributed by atoms with van der Waals surface area (Å²) in [6.45, 7) is 20.6. The van der Waals surface area contributed by atoms with Crippen LogP contribution in [-0.4, -0.2) is 120 Å². The average Bonchev–Trinajstić information content (AvgIpc) is 1.63. The minimum Gasteiger partial charge on any atom is -0.458 e. The van der Waals surface area contributed by atoms with Gasteiger partial charge >= 0.3 is 23.9 Å². The second kappa shape index (κ2) is 56.4. The number of nitrogens with two attached hydrogens (primary N) is 1. The van der Waals surface area contributed by atoms with Crippen LogP contribution in [0.3, 0.4) is 0 Å².